The lowest BCUT2D eigenvalue weighted by molar-refractivity contribution is -0.120. The van der Waals surface area contributed by atoms with Gasteiger partial charge in [0.05, 0.1) is 4.75 Å². The molecular weight excluding hydrogens is 369 g/mol. The van der Waals surface area contributed by atoms with E-state index in [2.05, 4.69) is 10.0 Å². The minimum Gasteiger partial charge on any atom is -0.321 e. The minimum atomic E-state index is -3.48. The first kappa shape index (κ1) is 20.7. The number of rotatable bonds is 4. The summed E-state index contributed by atoms with van der Waals surface area (Å²) in [7, 11) is -3.48. The average Bonchev–Trinajstić information content (AvgIpc) is 2.50. The van der Waals surface area contributed by atoms with Crippen LogP contribution in [0.4, 0.5) is 18.9 Å². The zero-order valence-corrected chi connectivity index (χ0v) is 15.7. The molecule has 26 heavy (non-hydrogen) atoms. The maximum absolute atomic E-state index is 13.6. The van der Waals surface area contributed by atoms with Crippen molar-refractivity contribution in [3.8, 4) is 0 Å². The molecule has 1 aromatic rings. The standard InChI is InChI=1S/C17H23F3N2O3S/c1-17(2,3)26(24,25)22-12-6-4-10(5-7-12)16(23)21-15-13(19)8-11(18)9-14(15)20/h8-10,12,22H,4-7H2,1-3H3,(H,21,23). The molecule has 1 amide bonds. The molecule has 0 aliphatic heterocycles. The molecule has 0 heterocycles. The zero-order chi connectivity index (χ0) is 19.7. The highest BCUT2D eigenvalue weighted by molar-refractivity contribution is 7.90. The van der Waals surface area contributed by atoms with Crippen molar-refractivity contribution in [3.63, 3.8) is 0 Å². The van der Waals surface area contributed by atoms with Gasteiger partial charge in [0.2, 0.25) is 15.9 Å². The van der Waals surface area contributed by atoms with E-state index in [9.17, 15) is 26.4 Å². The summed E-state index contributed by atoms with van der Waals surface area (Å²) in [5.41, 5.74) is -0.674. The molecule has 0 radical (unpaired) electrons. The number of hydrogen-bond donors (Lipinski definition) is 2. The molecule has 1 fully saturated rings. The molecule has 0 saturated heterocycles. The SMILES string of the molecule is CC(C)(C)S(=O)(=O)NC1CCC(C(=O)Nc2c(F)cc(F)cc2F)CC1. The molecule has 1 aromatic carbocycles. The molecule has 9 heteroatoms. The van der Waals surface area contributed by atoms with Gasteiger partial charge >= 0.3 is 0 Å². The van der Waals surface area contributed by atoms with Gasteiger partial charge in [-0.15, -0.1) is 0 Å². The van der Waals surface area contributed by atoms with E-state index >= 15 is 0 Å². The molecule has 1 aliphatic rings. The van der Waals surface area contributed by atoms with Crippen molar-refractivity contribution in [2.75, 3.05) is 5.32 Å². The lowest BCUT2D eigenvalue weighted by atomic mass is 9.86. The maximum atomic E-state index is 13.6. The molecule has 2 N–H and O–H groups in total. The van der Waals surface area contributed by atoms with Gasteiger partial charge in [-0.2, -0.15) is 0 Å². The fourth-order valence-corrected chi connectivity index (χ4v) is 3.78. The fraction of sp³-hybridized carbons (Fsp3) is 0.588. The van der Waals surface area contributed by atoms with E-state index in [4.69, 9.17) is 0 Å². The molecule has 5 nitrogen and oxygen atoms in total. The predicted octanol–water partition coefficient (Wildman–Crippen LogP) is 3.32. The second-order valence-corrected chi connectivity index (χ2v) is 9.98. The van der Waals surface area contributed by atoms with Gasteiger partial charge in [-0.3, -0.25) is 4.79 Å². The van der Waals surface area contributed by atoms with Crippen molar-refractivity contribution in [2.45, 2.75) is 57.2 Å². The normalized spacial score (nSPS) is 21.5. The highest BCUT2D eigenvalue weighted by Gasteiger charge is 2.34. The number of carbonyl (C=O) groups excluding carboxylic acids is 1. The third-order valence-electron chi connectivity index (χ3n) is 4.48. The van der Waals surface area contributed by atoms with Crippen LogP contribution in [-0.4, -0.2) is 25.1 Å². The van der Waals surface area contributed by atoms with Crippen LogP contribution in [0.5, 0.6) is 0 Å². The number of halogens is 3. The highest BCUT2D eigenvalue weighted by Crippen LogP contribution is 2.28. The van der Waals surface area contributed by atoms with E-state index in [1.807, 2.05) is 0 Å². The van der Waals surface area contributed by atoms with Gasteiger partial charge in [-0.05, 0) is 46.5 Å². The number of amides is 1. The Morgan fingerprint density at radius 1 is 1.04 bits per heavy atom. The van der Waals surface area contributed by atoms with Crippen molar-refractivity contribution in [3.05, 3.63) is 29.6 Å². The molecule has 0 atom stereocenters. The van der Waals surface area contributed by atoms with Crippen LogP contribution in [0.1, 0.15) is 46.5 Å². The van der Waals surface area contributed by atoms with Crippen LogP contribution < -0.4 is 10.0 Å². The Labute approximate surface area is 151 Å². The lowest BCUT2D eigenvalue weighted by Crippen LogP contribution is -2.46. The van der Waals surface area contributed by atoms with Crippen LogP contribution in [0.3, 0.4) is 0 Å². The lowest BCUT2D eigenvalue weighted by Gasteiger charge is -2.30. The summed E-state index contributed by atoms with van der Waals surface area (Å²) in [4.78, 5) is 12.2. The van der Waals surface area contributed by atoms with Crippen molar-refractivity contribution < 1.29 is 26.4 Å². The summed E-state index contributed by atoms with van der Waals surface area (Å²) in [6, 6.07) is 0.718. The summed E-state index contributed by atoms with van der Waals surface area (Å²) in [5, 5.41) is 2.17. The minimum absolute atomic E-state index is 0.275. The molecule has 0 bridgehead atoms. The third kappa shape index (κ3) is 4.76. The predicted molar refractivity (Wildman–Crippen MR) is 92.5 cm³/mol. The molecule has 146 valence electrons. The molecule has 0 unspecified atom stereocenters. The molecule has 2 rings (SSSR count). The number of sulfonamides is 1. The Hall–Kier alpha value is -1.61. The molecule has 1 aliphatic carbocycles. The Bertz CT molecular complexity index is 760. The summed E-state index contributed by atoms with van der Waals surface area (Å²) in [5.74, 6) is -4.48. The third-order valence-corrected chi connectivity index (χ3v) is 6.74. The van der Waals surface area contributed by atoms with Crippen molar-refractivity contribution in [1.82, 2.24) is 4.72 Å². The van der Waals surface area contributed by atoms with Crippen LogP contribution in [0.15, 0.2) is 12.1 Å². The summed E-state index contributed by atoms with van der Waals surface area (Å²) in [6.07, 6.45) is 1.66. The number of anilines is 1. The van der Waals surface area contributed by atoms with Crippen LogP contribution >= 0.6 is 0 Å². The molecule has 0 aromatic heterocycles. The average molecular weight is 392 g/mol. The van der Waals surface area contributed by atoms with Crippen LogP contribution in [0.25, 0.3) is 0 Å². The topological polar surface area (TPSA) is 75.3 Å². The number of benzene rings is 1. The zero-order valence-electron chi connectivity index (χ0n) is 14.9. The van der Waals surface area contributed by atoms with E-state index < -0.39 is 49.7 Å². The highest BCUT2D eigenvalue weighted by atomic mass is 32.2. The van der Waals surface area contributed by atoms with Gasteiger partial charge < -0.3 is 5.32 Å². The second-order valence-electron chi connectivity index (χ2n) is 7.52. The monoisotopic (exact) mass is 392 g/mol. The van der Waals surface area contributed by atoms with Gasteiger partial charge in [0, 0.05) is 24.1 Å². The molecular formula is C17H23F3N2O3S. The number of nitrogens with one attached hydrogen (secondary N) is 2. The molecule has 0 spiro atoms. The first-order valence-electron chi connectivity index (χ1n) is 8.38. The number of hydrogen-bond acceptors (Lipinski definition) is 3. The van der Waals surface area contributed by atoms with Gasteiger partial charge in [0.25, 0.3) is 0 Å². The quantitative estimate of drug-likeness (QED) is 0.825. The summed E-state index contributed by atoms with van der Waals surface area (Å²) in [6.45, 7) is 4.79. The van der Waals surface area contributed by atoms with Crippen LogP contribution in [0.2, 0.25) is 0 Å². The molecule has 1 saturated carbocycles. The first-order valence-corrected chi connectivity index (χ1v) is 9.86. The van der Waals surface area contributed by atoms with E-state index in [0.717, 1.165) is 0 Å². The number of carbonyl (C=O) groups is 1. The Kier molecular flexibility index (Phi) is 6.02. The van der Waals surface area contributed by atoms with E-state index in [1.54, 1.807) is 20.8 Å². The van der Waals surface area contributed by atoms with E-state index in [1.165, 1.54) is 0 Å². The summed E-state index contributed by atoms with van der Waals surface area (Å²) >= 11 is 0. The first-order chi connectivity index (χ1) is 11.9. The Balaban J connectivity index is 1.95. The van der Waals surface area contributed by atoms with Gasteiger partial charge in [-0.1, -0.05) is 0 Å². The van der Waals surface area contributed by atoms with Gasteiger partial charge in [0.15, 0.2) is 11.6 Å². The Morgan fingerprint density at radius 2 is 1.54 bits per heavy atom. The summed E-state index contributed by atoms with van der Waals surface area (Å²) < 4.78 is 66.2. The van der Waals surface area contributed by atoms with Crippen molar-refractivity contribution in [1.29, 1.82) is 0 Å². The van der Waals surface area contributed by atoms with Crippen LogP contribution in [-0.2, 0) is 14.8 Å². The Morgan fingerprint density at radius 3 is 2.00 bits per heavy atom. The maximum Gasteiger partial charge on any atom is 0.227 e. The van der Waals surface area contributed by atoms with Gasteiger partial charge in [-0.25, -0.2) is 26.3 Å². The van der Waals surface area contributed by atoms with E-state index in [-0.39, 0.29) is 6.04 Å². The van der Waals surface area contributed by atoms with Crippen LogP contribution in [0, 0.1) is 23.4 Å². The largest absolute Gasteiger partial charge is 0.321 e. The van der Waals surface area contributed by atoms with E-state index in [0.29, 0.717) is 37.8 Å². The fourth-order valence-electron chi connectivity index (χ4n) is 2.76. The van der Waals surface area contributed by atoms with Gasteiger partial charge in [0.1, 0.15) is 11.5 Å². The smallest absolute Gasteiger partial charge is 0.227 e. The van der Waals surface area contributed by atoms with Crippen molar-refractivity contribution >= 4 is 21.6 Å². The second kappa shape index (κ2) is 7.56. The van der Waals surface area contributed by atoms with Crippen molar-refractivity contribution in [2.24, 2.45) is 5.92 Å².